The van der Waals surface area contributed by atoms with E-state index < -0.39 is 0 Å². The first-order chi connectivity index (χ1) is 13.6. The van der Waals surface area contributed by atoms with Gasteiger partial charge in [0.1, 0.15) is 0 Å². The molecule has 2 N–H and O–H groups in total. The quantitative estimate of drug-likeness (QED) is 0.258. The van der Waals surface area contributed by atoms with Gasteiger partial charge in [-0.1, -0.05) is 13.0 Å². The summed E-state index contributed by atoms with van der Waals surface area (Å²) < 4.78 is 11.4. The minimum atomic E-state index is 0. The summed E-state index contributed by atoms with van der Waals surface area (Å²) in [5.41, 5.74) is 2.12. The van der Waals surface area contributed by atoms with Gasteiger partial charge in [0, 0.05) is 11.9 Å². The van der Waals surface area contributed by atoms with Gasteiger partial charge in [0.05, 0.1) is 36.5 Å². The highest BCUT2D eigenvalue weighted by Gasteiger charge is 2.12. The summed E-state index contributed by atoms with van der Waals surface area (Å²) in [5, 5.41) is 10.00. The Morgan fingerprint density at radius 2 is 1.86 bits per heavy atom. The summed E-state index contributed by atoms with van der Waals surface area (Å²) in [6.45, 7) is 12.8. The lowest BCUT2D eigenvalue weighted by Crippen LogP contribution is -2.38. The van der Waals surface area contributed by atoms with Crippen molar-refractivity contribution in [2.75, 3.05) is 19.8 Å². The summed E-state index contributed by atoms with van der Waals surface area (Å²) in [5.74, 6) is 2.32. The Kier molecular flexibility index (Phi) is 12.0. The predicted molar refractivity (Wildman–Crippen MR) is 132 cm³/mol. The Morgan fingerprint density at radius 3 is 2.48 bits per heavy atom. The number of hydrogen-bond donors (Lipinski definition) is 2. The minimum absolute atomic E-state index is 0. The number of aliphatic imine (C=N–C) groups is 1. The molecule has 0 aliphatic heterocycles. The van der Waals surface area contributed by atoms with Gasteiger partial charge in [-0.25, -0.2) is 9.98 Å². The van der Waals surface area contributed by atoms with Crippen LogP contribution in [-0.2, 0) is 13.0 Å². The maximum Gasteiger partial charge on any atom is 0.192 e. The number of nitrogens with zero attached hydrogens (tertiary/aromatic N) is 2. The van der Waals surface area contributed by atoms with E-state index in [9.17, 15) is 0 Å². The molecule has 1 heterocycles. The molecule has 0 radical (unpaired) electrons. The van der Waals surface area contributed by atoms with E-state index in [4.69, 9.17) is 9.47 Å². The average molecular weight is 532 g/mol. The summed E-state index contributed by atoms with van der Waals surface area (Å²) in [7, 11) is 0. The van der Waals surface area contributed by atoms with E-state index in [0.717, 1.165) is 46.7 Å². The van der Waals surface area contributed by atoms with Crippen molar-refractivity contribution < 1.29 is 9.47 Å². The zero-order valence-electron chi connectivity index (χ0n) is 17.9. The number of aryl methyl sites for hydroxylation is 1. The molecule has 2 rings (SSSR count). The second kappa shape index (κ2) is 13.6. The highest BCUT2D eigenvalue weighted by molar-refractivity contribution is 14.0. The standard InChI is InChI=1S/C21H32N4O2S.HI/c1-6-20-25-17(14-28-20)13-23-21(22-7-2)24-15(5)16-10-11-18(26-8-3)19(12-16)27-9-4;/h10-12,14-15H,6-9,13H2,1-5H3,(H2,22,23,24);1H. The summed E-state index contributed by atoms with van der Waals surface area (Å²) in [4.78, 5) is 9.27. The Bertz CT molecular complexity index is 767. The van der Waals surface area contributed by atoms with Gasteiger partial charge in [0.25, 0.3) is 0 Å². The molecule has 0 bridgehead atoms. The zero-order chi connectivity index (χ0) is 20.4. The summed E-state index contributed by atoms with van der Waals surface area (Å²) >= 11 is 1.69. The van der Waals surface area contributed by atoms with E-state index >= 15 is 0 Å². The number of nitrogens with one attached hydrogen (secondary N) is 2. The molecule has 0 aliphatic carbocycles. The number of hydrogen-bond acceptors (Lipinski definition) is 5. The van der Waals surface area contributed by atoms with E-state index in [-0.39, 0.29) is 30.0 Å². The monoisotopic (exact) mass is 532 g/mol. The number of aromatic nitrogens is 1. The molecule has 2 aromatic rings. The molecule has 0 saturated carbocycles. The molecular weight excluding hydrogens is 499 g/mol. The third-order valence-corrected chi connectivity index (χ3v) is 5.11. The smallest absolute Gasteiger partial charge is 0.192 e. The fourth-order valence-electron chi connectivity index (χ4n) is 2.69. The van der Waals surface area contributed by atoms with Crippen LogP contribution in [0.25, 0.3) is 0 Å². The molecule has 1 aromatic carbocycles. The zero-order valence-corrected chi connectivity index (χ0v) is 21.1. The lowest BCUT2D eigenvalue weighted by molar-refractivity contribution is 0.287. The minimum Gasteiger partial charge on any atom is -0.490 e. The van der Waals surface area contributed by atoms with Crippen molar-refractivity contribution >= 4 is 41.3 Å². The molecule has 6 nitrogen and oxygen atoms in total. The molecule has 1 atom stereocenters. The van der Waals surface area contributed by atoms with Crippen LogP contribution in [0.15, 0.2) is 28.6 Å². The number of guanidine groups is 1. The van der Waals surface area contributed by atoms with E-state index in [1.165, 1.54) is 0 Å². The van der Waals surface area contributed by atoms with Crippen LogP contribution >= 0.6 is 35.3 Å². The largest absolute Gasteiger partial charge is 0.490 e. The fraction of sp³-hybridized carbons (Fsp3) is 0.524. The second-order valence-corrected chi connectivity index (χ2v) is 7.16. The van der Waals surface area contributed by atoms with Crippen molar-refractivity contribution in [3.63, 3.8) is 0 Å². The number of benzene rings is 1. The first-order valence-corrected chi connectivity index (χ1v) is 10.9. The Labute approximate surface area is 195 Å². The third-order valence-electron chi connectivity index (χ3n) is 4.07. The highest BCUT2D eigenvalue weighted by atomic mass is 127. The van der Waals surface area contributed by atoms with Crippen molar-refractivity contribution in [1.82, 2.24) is 15.6 Å². The molecule has 162 valence electrons. The maximum absolute atomic E-state index is 5.75. The van der Waals surface area contributed by atoms with Crippen LogP contribution < -0.4 is 20.1 Å². The van der Waals surface area contributed by atoms with Crippen molar-refractivity contribution in [3.8, 4) is 11.5 Å². The van der Waals surface area contributed by atoms with E-state index in [2.05, 4.69) is 52.8 Å². The molecule has 0 aliphatic rings. The normalized spacial score (nSPS) is 12.1. The lowest BCUT2D eigenvalue weighted by Gasteiger charge is -2.20. The van der Waals surface area contributed by atoms with E-state index in [1.54, 1.807) is 11.3 Å². The number of thiazole rings is 1. The summed E-state index contributed by atoms with van der Waals surface area (Å²) in [6.07, 6.45) is 0.962. The highest BCUT2D eigenvalue weighted by Crippen LogP contribution is 2.30. The first kappa shape index (κ1) is 25.5. The van der Waals surface area contributed by atoms with Gasteiger partial charge < -0.3 is 20.1 Å². The molecule has 1 unspecified atom stereocenters. The predicted octanol–water partition coefficient (Wildman–Crippen LogP) is 4.94. The van der Waals surface area contributed by atoms with Gasteiger partial charge in [0.2, 0.25) is 0 Å². The van der Waals surface area contributed by atoms with Crippen LogP contribution in [0.1, 0.15) is 56.9 Å². The van der Waals surface area contributed by atoms with Gasteiger partial charge in [-0.3, -0.25) is 0 Å². The first-order valence-electron chi connectivity index (χ1n) is 9.98. The number of halogens is 1. The fourth-order valence-corrected chi connectivity index (χ4v) is 3.43. The van der Waals surface area contributed by atoms with Gasteiger partial charge in [0.15, 0.2) is 17.5 Å². The Hall–Kier alpha value is -1.55. The molecule has 29 heavy (non-hydrogen) atoms. The molecule has 8 heteroatoms. The van der Waals surface area contributed by atoms with E-state index in [1.807, 2.05) is 26.0 Å². The third kappa shape index (κ3) is 8.00. The number of ether oxygens (including phenoxy) is 2. The molecule has 0 spiro atoms. The molecule has 1 aromatic heterocycles. The van der Waals surface area contributed by atoms with Crippen LogP contribution in [0.4, 0.5) is 0 Å². The SMILES string of the molecule is CCNC(=NCc1csc(CC)n1)NC(C)c1ccc(OCC)c(OCC)c1.I. The van der Waals surface area contributed by atoms with Crippen molar-refractivity contribution in [2.45, 2.75) is 53.6 Å². The average Bonchev–Trinajstić information content (AvgIpc) is 3.16. The van der Waals surface area contributed by atoms with Gasteiger partial charge in [-0.05, 0) is 51.8 Å². The van der Waals surface area contributed by atoms with Crippen LogP contribution in [0.5, 0.6) is 11.5 Å². The van der Waals surface area contributed by atoms with Crippen LogP contribution in [0.3, 0.4) is 0 Å². The molecule has 0 saturated heterocycles. The maximum atomic E-state index is 5.75. The Morgan fingerprint density at radius 1 is 1.14 bits per heavy atom. The van der Waals surface area contributed by atoms with E-state index in [0.29, 0.717) is 19.8 Å². The van der Waals surface area contributed by atoms with Crippen LogP contribution in [0.2, 0.25) is 0 Å². The summed E-state index contributed by atoms with van der Waals surface area (Å²) in [6, 6.07) is 6.12. The van der Waals surface area contributed by atoms with Gasteiger partial charge in [-0.15, -0.1) is 35.3 Å². The Balaban J connectivity index is 0.00000420. The molecule has 0 amide bonds. The molecular formula is C21H33IN4O2S. The van der Waals surface area contributed by atoms with Crippen molar-refractivity contribution in [2.24, 2.45) is 4.99 Å². The second-order valence-electron chi connectivity index (χ2n) is 6.22. The number of rotatable bonds is 10. The lowest BCUT2D eigenvalue weighted by atomic mass is 10.1. The van der Waals surface area contributed by atoms with Crippen molar-refractivity contribution in [3.05, 3.63) is 39.8 Å². The topological polar surface area (TPSA) is 67.8 Å². The molecule has 0 fully saturated rings. The van der Waals surface area contributed by atoms with Crippen LogP contribution in [-0.4, -0.2) is 30.7 Å². The van der Waals surface area contributed by atoms with Crippen LogP contribution in [0, 0.1) is 0 Å². The van der Waals surface area contributed by atoms with Gasteiger partial charge in [-0.2, -0.15) is 0 Å². The van der Waals surface area contributed by atoms with Crippen molar-refractivity contribution in [1.29, 1.82) is 0 Å². The van der Waals surface area contributed by atoms with Gasteiger partial charge >= 0.3 is 0 Å².